The Morgan fingerprint density at radius 1 is 1.50 bits per heavy atom. The predicted octanol–water partition coefficient (Wildman–Crippen LogP) is 1.51. The Bertz CT molecular complexity index is 229. The third-order valence-corrected chi connectivity index (χ3v) is 3.07. The first kappa shape index (κ1) is 15.6. The molecule has 16 heavy (non-hydrogen) atoms. The maximum Gasteiger partial charge on any atom is 0.255 e. The van der Waals surface area contributed by atoms with E-state index in [2.05, 4.69) is 0 Å². The first-order valence-corrected chi connectivity index (χ1v) is 5.29. The van der Waals surface area contributed by atoms with Crippen LogP contribution in [0, 0.1) is 11.8 Å². The van der Waals surface area contributed by atoms with E-state index in [9.17, 15) is 13.6 Å². The van der Waals surface area contributed by atoms with Crippen molar-refractivity contribution in [3.05, 3.63) is 0 Å². The van der Waals surface area contributed by atoms with Gasteiger partial charge >= 0.3 is 0 Å². The third-order valence-electron chi connectivity index (χ3n) is 3.07. The van der Waals surface area contributed by atoms with E-state index in [1.165, 1.54) is 7.05 Å². The molecule has 1 saturated carbocycles. The highest BCUT2D eigenvalue weighted by Gasteiger charge is 2.34. The normalized spacial score (nSPS) is 24.3. The van der Waals surface area contributed by atoms with Crippen LogP contribution in [0.1, 0.15) is 19.3 Å². The average molecular weight is 257 g/mol. The van der Waals surface area contributed by atoms with Crippen LogP contribution in [0.5, 0.6) is 0 Å². The number of halogens is 3. The van der Waals surface area contributed by atoms with Gasteiger partial charge in [-0.2, -0.15) is 0 Å². The van der Waals surface area contributed by atoms with E-state index in [4.69, 9.17) is 5.73 Å². The maximum atomic E-state index is 12.1. The van der Waals surface area contributed by atoms with E-state index in [1.54, 1.807) is 0 Å². The minimum absolute atomic E-state index is 0. The van der Waals surface area contributed by atoms with Crippen molar-refractivity contribution in [1.82, 2.24) is 4.90 Å². The standard InChI is InChI=1S/C10H18F2N2O.ClH/c1-14(6-9(11)12)10(15)8-4-2-3-7(8)5-13;/h7-9H,2-6,13H2,1H3;1H/t7-,8-;/m1./s1. The first-order valence-electron chi connectivity index (χ1n) is 5.29. The second-order valence-corrected chi connectivity index (χ2v) is 4.14. The number of amides is 1. The van der Waals surface area contributed by atoms with E-state index in [-0.39, 0.29) is 30.2 Å². The third kappa shape index (κ3) is 3.87. The Hall–Kier alpha value is -0.420. The molecule has 1 amide bonds. The Kier molecular flexibility index (Phi) is 6.83. The molecule has 2 N–H and O–H groups in total. The smallest absolute Gasteiger partial charge is 0.255 e. The lowest BCUT2D eigenvalue weighted by Gasteiger charge is -2.24. The van der Waals surface area contributed by atoms with Gasteiger partial charge in [-0.15, -0.1) is 12.4 Å². The zero-order valence-corrected chi connectivity index (χ0v) is 10.2. The van der Waals surface area contributed by atoms with Crippen molar-refractivity contribution in [3.8, 4) is 0 Å². The molecule has 1 aliphatic rings. The van der Waals surface area contributed by atoms with Crippen LogP contribution in [0.4, 0.5) is 8.78 Å². The van der Waals surface area contributed by atoms with E-state index < -0.39 is 13.0 Å². The molecule has 1 fully saturated rings. The van der Waals surface area contributed by atoms with Crippen LogP contribution >= 0.6 is 12.4 Å². The van der Waals surface area contributed by atoms with Crippen molar-refractivity contribution in [2.75, 3.05) is 20.1 Å². The van der Waals surface area contributed by atoms with Gasteiger partial charge in [0.25, 0.3) is 6.43 Å². The van der Waals surface area contributed by atoms with Gasteiger partial charge in [-0.25, -0.2) is 8.78 Å². The zero-order valence-electron chi connectivity index (χ0n) is 9.36. The zero-order chi connectivity index (χ0) is 11.4. The summed E-state index contributed by atoms with van der Waals surface area (Å²) in [6.07, 6.45) is 0.237. The first-order chi connectivity index (χ1) is 7.06. The molecule has 0 saturated heterocycles. The SMILES string of the molecule is CN(CC(F)F)C(=O)[C@@H]1CCC[C@@H]1CN.Cl. The molecule has 0 unspecified atom stereocenters. The molecule has 6 heteroatoms. The molecule has 0 radical (unpaired) electrons. The van der Waals surface area contributed by atoms with Crippen LogP contribution in [0.2, 0.25) is 0 Å². The number of rotatable bonds is 4. The van der Waals surface area contributed by atoms with Crippen LogP contribution in [-0.2, 0) is 4.79 Å². The lowest BCUT2D eigenvalue weighted by molar-refractivity contribution is -0.137. The summed E-state index contributed by atoms with van der Waals surface area (Å²) in [6.45, 7) is -0.00838. The molecule has 0 aromatic heterocycles. The molecule has 0 aliphatic heterocycles. The van der Waals surface area contributed by atoms with Crippen LogP contribution in [-0.4, -0.2) is 37.4 Å². The number of carbonyl (C=O) groups excluding carboxylic acids is 1. The highest BCUT2D eigenvalue weighted by atomic mass is 35.5. The van der Waals surface area contributed by atoms with Gasteiger partial charge in [0.15, 0.2) is 0 Å². The second kappa shape index (κ2) is 7.01. The monoisotopic (exact) mass is 256 g/mol. The van der Waals surface area contributed by atoms with Crippen molar-refractivity contribution < 1.29 is 13.6 Å². The van der Waals surface area contributed by atoms with Gasteiger partial charge in [-0.1, -0.05) is 6.42 Å². The maximum absolute atomic E-state index is 12.1. The summed E-state index contributed by atoms with van der Waals surface area (Å²) in [5, 5.41) is 0. The fourth-order valence-corrected chi connectivity index (χ4v) is 2.22. The number of alkyl halides is 2. The summed E-state index contributed by atoms with van der Waals surface area (Å²) in [5.41, 5.74) is 5.54. The van der Waals surface area contributed by atoms with Gasteiger partial charge in [0.2, 0.25) is 5.91 Å². The summed E-state index contributed by atoms with van der Waals surface area (Å²) in [6, 6.07) is 0. The number of hydrogen-bond donors (Lipinski definition) is 1. The van der Waals surface area contributed by atoms with E-state index >= 15 is 0 Å². The number of nitrogens with two attached hydrogens (primary N) is 1. The summed E-state index contributed by atoms with van der Waals surface area (Å²) in [5.74, 6) is -0.139. The van der Waals surface area contributed by atoms with Crippen LogP contribution in [0.25, 0.3) is 0 Å². The van der Waals surface area contributed by atoms with Crippen molar-refractivity contribution in [3.63, 3.8) is 0 Å². The van der Waals surface area contributed by atoms with Crippen molar-refractivity contribution in [2.45, 2.75) is 25.7 Å². The molecule has 0 spiro atoms. The van der Waals surface area contributed by atoms with Gasteiger partial charge in [0.05, 0.1) is 6.54 Å². The molecule has 1 aliphatic carbocycles. The highest BCUT2D eigenvalue weighted by molar-refractivity contribution is 5.85. The molecular formula is C10H19ClF2N2O. The minimum atomic E-state index is -2.46. The molecule has 2 atom stereocenters. The molecule has 96 valence electrons. The van der Waals surface area contributed by atoms with Gasteiger partial charge in [-0.3, -0.25) is 4.79 Å². The molecule has 0 bridgehead atoms. The summed E-state index contributed by atoms with van der Waals surface area (Å²) < 4.78 is 24.2. The van der Waals surface area contributed by atoms with Crippen molar-refractivity contribution in [1.29, 1.82) is 0 Å². The molecule has 0 aromatic rings. The van der Waals surface area contributed by atoms with E-state index in [1.807, 2.05) is 0 Å². The Morgan fingerprint density at radius 3 is 2.62 bits per heavy atom. The molecule has 0 aromatic carbocycles. The summed E-state index contributed by atoms with van der Waals surface area (Å²) >= 11 is 0. The van der Waals surface area contributed by atoms with Crippen LogP contribution < -0.4 is 5.73 Å². The lowest BCUT2D eigenvalue weighted by atomic mass is 9.95. The number of carbonyl (C=O) groups is 1. The largest absolute Gasteiger partial charge is 0.340 e. The minimum Gasteiger partial charge on any atom is -0.340 e. The van der Waals surface area contributed by atoms with E-state index in [0.717, 1.165) is 24.2 Å². The van der Waals surface area contributed by atoms with E-state index in [0.29, 0.717) is 6.54 Å². The fourth-order valence-electron chi connectivity index (χ4n) is 2.22. The number of hydrogen-bond acceptors (Lipinski definition) is 2. The van der Waals surface area contributed by atoms with Crippen molar-refractivity contribution >= 4 is 18.3 Å². The van der Waals surface area contributed by atoms with Gasteiger partial charge in [-0.05, 0) is 25.3 Å². The van der Waals surface area contributed by atoms with Crippen LogP contribution in [0.15, 0.2) is 0 Å². The lowest BCUT2D eigenvalue weighted by Crippen LogP contribution is -2.38. The molecule has 3 nitrogen and oxygen atoms in total. The van der Waals surface area contributed by atoms with Gasteiger partial charge in [0, 0.05) is 13.0 Å². The van der Waals surface area contributed by atoms with Crippen LogP contribution in [0.3, 0.4) is 0 Å². The van der Waals surface area contributed by atoms with Gasteiger partial charge in [0.1, 0.15) is 0 Å². The van der Waals surface area contributed by atoms with Crippen molar-refractivity contribution in [2.24, 2.45) is 17.6 Å². The number of nitrogens with zero attached hydrogens (tertiary/aromatic N) is 1. The molecular weight excluding hydrogens is 238 g/mol. The van der Waals surface area contributed by atoms with Gasteiger partial charge < -0.3 is 10.6 Å². The topological polar surface area (TPSA) is 46.3 Å². The average Bonchev–Trinajstić information content (AvgIpc) is 2.62. The fraction of sp³-hybridized carbons (Fsp3) is 0.900. The second-order valence-electron chi connectivity index (χ2n) is 4.14. The summed E-state index contributed by atoms with van der Waals surface area (Å²) in [4.78, 5) is 12.9. The molecule has 0 heterocycles. The summed E-state index contributed by atoms with van der Waals surface area (Å²) in [7, 11) is 1.43. The Labute approximate surface area is 101 Å². The Morgan fingerprint density at radius 2 is 2.12 bits per heavy atom. The Balaban J connectivity index is 0.00000225. The molecule has 1 rings (SSSR count). The predicted molar refractivity (Wildman–Crippen MR) is 60.8 cm³/mol. The quantitative estimate of drug-likeness (QED) is 0.829. The highest BCUT2D eigenvalue weighted by Crippen LogP contribution is 2.32.